The molecule has 3 atom stereocenters. The highest BCUT2D eigenvalue weighted by atomic mass is 35.5. The lowest BCUT2D eigenvalue weighted by molar-refractivity contribution is -0.117. The smallest absolute Gasteiger partial charge is 0.218 e. The zero-order valence-corrected chi connectivity index (χ0v) is 19.2. The number of amides is 1. The summed E-state index contributed by atoms with van der Waals surface area (Å²) in [6, 6.07) is 9.81. The summed E-state index contributed by atoms with van der Waals surface area (Å²) in [4.78, 5) is 11.0. The summed E-state index contributed by atoms with van der Waals surface area (Å²) >= 11 is 7.70. The van der Waals surface area contributed by atoms with Gasteiger partial charge in [-0.15, -0.1) is 0 Å². The minimum atomic E-state index is -0.644. The summed E-state index contributed by atoms with van der Waals surface area (Å²) in [7, 11) is 0. The zero-order valence-electron chi connectivity index (χ0n) is 17.6. The Balaban J connectivity index is 1.65. The van der Waals surface area contributed by atoms with E-state index < -0.39 is 17.0 Å². The van der Waals surface area contributed by atoms with E-state index in [2.05, 4.69) is 0 Å². The topological polar surface area (TPSA) is 61.6 Å². The Morgan fingerprint density at radius 3 is 2.66 bits per heavy atom. The van der Waals surface area contributed by atoms with Crippen LogP contribution in [0.25, 0.3) is 0 Å². The number of ether oxygens (including phenoxy) is 2. The fourth-order valence-electron chi connectivity index (χ4n) is 4.97. The van der Waals surface area contributed by atoms with Crippen LogP contribution in [0.3, 0.4) is 0 Å². The Bertz CT molecular complexity index is 974. The number of carbonyl (C=O) groups excluding carboxylic acids is 1. The number of hydrogen-bond donors (Lipinski definition) is 1. The highest BCUT2D eigenvalue weighted by Gasteiger charge is 2.53. The van der Waals surface area contributed by atoms with E-state index in [4.69, 9.17) is 26.8 Å². The number of rotatable bonds is 8. The molecule has 0 radical (unpaired) electrons. The van der Waals surface area contributed by atoms with Crippen molar-refractivity contribution >= 4 is 29.3 Å². The van der Waals surface area contributed by atoms with Crippen LogP contribution in [0, 0.1) is 17.6 Å². The molecule has 0 saturated carbocycles. The maximum Gasteiger partial charge on any atom is 0.218 e. The second kappa shape index (κ2) is 9.98. The molecule has 2 aromatic carbocycles. The van der Waals surface area contributed by atoms with Crippen molar-refractivity contribution in [1.29, 1.82) is 0 Å². The van der Waals surface area contributed by atoms with Crippen LogP contribution in [0.1, 0.15) is 30.4 Å². The van der Waals surface area contributed by atoms with Gasteiger partial charge in [0.15, 0.2) is 11.6 Å². The van der Waals surface area contributed by atoms with E-state index in [-0.39, 0.29) is 30.3 Å². The fourth-order valence-corrected chi connectivity index (χ4v) is 6.05. The number of hydrogen-bond acceptors (Lipinski definition) is 4. The molecule has 2 aromatic rings. The van der Waals surface area contributed by atoms with Gasteiger partial charge < -0.3 is 15.2 Å². The van der Waals surface area contributed by atoms with Gasteiger partial charge in [0.05, 0.1) is 12.7 Å². The summed E-state index contributed by atoms with van der Waals surface area (Å²) in [5.74, 6) is 0.0189. The quantitative estimate of drug-likeness (QED) is 0.545. The molecule has 1 amide bonds. The lowest BCUT2D eigenvalue weighted by Crippen LogP contribution is -2.55. The van der Waals surface area contributed by atoms with Gasteiger partial charge in [-0.2, -0.15) is 11.8 Å². The molecule has 2 aliphatic rings. The van der Waals surface area contributed by atoms with Gasteiger partial charge in [-0.25, -0.2) is 8.78 Å². The summed E-state index contributed by atoms with van der Waals surface area (Å²) in [5, 5.41) is 0.630. The molecule has 0 bridgehead atoms. The van der Waals surface area contributed by atoms with Crippen molar-refractivity contribution in [2.75, 3.05) is 24.7 Å². The number of nitrogens with two attached hydrogens (primary N) is 1. The van der Waals surface area contributed by atoms with Gasteiger partial charge in [0.1, 0.15) is 5.82 Å². The Labute approximate surface area is 195 Å². The van der Waals surface area contributed by atoms with Crippen molar-refractivity contribution in [3.63, 3.8) is 0 Å². The van der Waals surface area contributed by atoms with Crippen LogP contribution in [0.2, 0.25) is 5.02 Å². The highest BCUT2D eigenvalue weighted by molar-refractivity contribution is 7.99. The fraction of sp³-hybridized carbons (Fsp3) is 0.458. The van der Waals surface area contributed by atoms with Crippen molar-refractivity contribution in [2.24, 2.45) is 11.7 Å². The van der Waals surface area contributed by atoms with Crippen LogP contribution in [0.4, 0.5) is 8.78 Å². The van der Waals surface area contributed by atoms with E-state index in [0.717, 1.165) is 23.8 Å². The molecule has 1 saturated heterocycles. The van der Waals surface area contributed by atoms with Crippen molar-refractivity contribution in [2.45, 2.75) is 37.2 Å². The third kappa shape index (κ3) is 4.75. The van der Waals surface area contributed by atoms with Crippen molar-refractivity contribution in [1.82, 2.24) is 0 Å². The molecular weight excluding hydrogens is 456 g/mol. The van der Waals surface area contributed by atoms with Crippen LogP contribution in [0.5, 0.6) is 5.75 Å². The summed E-state index contributed by atoms with van der Waals surface area (Å²) in [6.07, 6.45) is 2.02. The lowest BCUT2D eigenvalue weighted by atomic mass is 9.60. The van der Waals surface area contributed by atoms with Crippen LogP contribution in [0.15, 0.2) is 36.4 Å². The number of primary amides is 1. The third-order valence-electron chi connectivity index (χ3n) is 6.47. The maximum absolute atomic E-state index is 15.2. The largest absolute Gasteiger partial charge is 0.490 e. The normalized spacial score (nSPS) is 24.3. The summed E-state index contributed by atoms with van der Waals surface area (Å²) in [6.45, 7) is 0.716. The van der Waals surface area contributed by atoms with E-state index in [1.54, 1.807) is 11.8 Å². The second-order valence-corrected chi connectivity index (χ2v) is 10.0. The number of carbonyl (C=O) groups is 1. The van der Waals surface area contributed by atoms with E-state index in [9.17, 15) is 9.18 Å². The summed E-state index contributed by atoms with van der Waals surface area (Å²) < 4.78 is 41.8. The number of halogens is 3. The van der Waals surface area contributed by atoms with Crippen LogP contribution < -0.4 is 10.5 Å². The molecule has 4 nitrogen and oxygen atoms in total. The molecule has 4 rings (SSSR count). The molecule has 0 aliphatic carbocycles. The van der Waals surface area contributed by atoms with Gasteiger partial charge in [0, 0.05) is 40.7 Å². The Morgan fingerprint density at radius 2 is 1.91 bits per heavy atom. The molecule has 32 heavy (non-hydrogen) atoms. The number of benzene rings is 2. The molecule has 0 unspecified atom stereocenters. The van der Waals surface area contributed by atoms with E-state index in [1.807, 2.05) is 24.3 Å². The predicted molar refractivity (Wildman–Crippen MR) is 122 cm³/mol. The molecule has 2 N–H and O–H groups in total. The third-order valence-corrected chi connectivity index (χ3v) is 7.74. The highest BCUT2D eigenvalue weighted by Crippen LogP contribution is 2.52. The maximum atomic E-state index is 15.2. The van der Waals surface area contributed by atoms with Gasteiger partial charge in [0.2, 0.25) is 5.91 Å². The van der Waals surface area contributed by atoms with Crippen molar-refractivity contribution in [3.05, 3.63) is 64.2 Å². The van der Waals surface area contributed by atoms with E-state index >= 15 is 4.39 Å². The number of thioether (sulfide) groups is 1. The van der Waals surface area contributed by atoms with Crippen molar-refractivity contribution < 1.29 is 23.0 Å². The number of fused-ring (bicyclic) bond motifs is 3. The van der Waals surface area contributed by atoms with Crippen LogP contribution >= 0.6 is 23.4 Å². The SMILES string of the molecule is NC(=O)CCSCC[C@@H]1OCC[C@@]2(Cc3ccc(Cl)cc3)c3c(F)ccc(F)c3OC[C@@H]12. The zero-order chi connectivity index (χ0) is 22.7. The Hall–Kier alpha value is -1.83. The van der Waals surface area contributed by atoms with Gasteiger partial charge in [0.25, 0.3) is 0 Å². The molecule has 8 heteroatoms. The molecule has 2 heterocycles. The molecule has 2 aliphatic heterocycles. The minimum absolute atomic E-state index is 0.0201. The van der Waals surface area contributed by atoms with Gasteiger partial charge >= 0.3 is 0 Å². The average molecular weight is 482 g/mol. The molecule has 0 aromatic heterocycles. The molecule has 172 valence electrons. The van der Waals surface area contributed by atoms with Crippen LogP contribution in [-0.4, -0.2) is 36.7 Å². The first-order chi connectivity index (χ1) is 15.4. The van der Waals surface area contributed by atoms with E-state index in [1.165, 1.54) is 6.07 Å². The summed E-state index contributed by atoms with van der Waals surface area (Å²) in [5.41, 5.74) is 5.89. The van der Waals surface area contributed by atoms with Crippen LogP contribution in [-0.2, 0) is 21.4 Å². The standard InChI is InChI=1S/C24H26ClF2NO3S/c25-16-3-1-15(2-4-16)13-24-9-10-30-20(7-11-32-12-8-21(28)29)17(24)14-31-23-19(27)6-5-18(26)22(23)24/h1-6,17,20H,7-14H2,(H2,28,29)/t17-,20-,24-/m0/s1. The molecule has 1 fully saturated rings. The first-order valence-electron chi connectivity index (χ1n) is 10.7. The predicted octanol–water partition coefficient (Wildman–Crippen LogP) is 4.89. The van der Waals surface area contributed by atoms with E-state index in [0.29, 0.717) is 42.2 Å². The average Bonchev–Trinajstić information content (AvgIpc) is 2.77. The monoisotopic (exact) mass is 481 g/mol. The van der Waals surface area contributed by atoms with Gasteiger partial charge in [-0.1, -0.05) is 23.7 Å². The van der Waals surface area contributed by atoms with Crippen molar-refractivity contribution in [3.8, 4) is 5.75 Å². The first-order valence-corrected chi connectivity index (χ1v) is 12.3. The Kier molecular flexibility index (Phi) is 7.27. The molecule has 0 spiro atoms. The molecular formula is C24H26ClF2NO3S. The van der Waals surface area contributed by atoms with Gasteiger partial charge in [-0.3, -0.25) is 4.79 Å². The minimum Gasteiger partial charge on any atom is -0.490 e. The Morgan fingerprint density at radius 1 is 1.16 bits per heavy atom. The first kappa shape index (κ1) is 23.3. The van der Waals surface area contributed by atoms with Gasteiger partial charge in [-0.05, 0) is 54.8 Å². The lowest BCUT2D eigenvalue weighted by Gasteiger charge is -2.51. The second-order valence-electron chi connectivity index (χ2n) is 8.39.